The Morgan fingerprint density at radius 1 is 1.03 bits per heavy atom. The maximum atomic E-state index is 12.9. The Kier molecular flexibility index (Phi) is 8.92. The molecule has 3 nitrogen and oxygen atoms in total. The molecule has 174 valence electrons. The van der Waals surface area contributed by atoms with Crippen molar-refractivity contribution in [1.29, 1.82) is 0 Å². The molecule has 0 atom stereocenters. The third-order valence-corrected chi connectivity index (χ3v) is 5.12. The van der Waals surface area contributed by atoms with Crippen LogP contribution in [-0.4, -0.2) is 5.84 Å². The van der Waals surface area contributed by atoms with Gasteiger partial charge in [0.2, 0.25) is 0 Å². The van der Waals surface area contributed by atoms with Gasteiger partial charge in [-0.2, -0.15) is 0 Å². The van der Waals surface area contributed by atoms with Crippen LogP contribution in [0.15, 0.2) is 78.3 Å². The van der Waals surface area contributed by atoms with E-state index in [1.54, 1.807) is 18.2 Å². The van der Waals surface area contributed by atoms with Crippen LogP contribution in [0.5, 0.6) is 0 Å². The molecule has 0 saturated carbocycles. The monoisotopic (exact) mass is 449 g/mol. The Morgan fingerprint density at radius 3 is 2.21 bits per heavy atom. The molecule has 0 radical (unpaired) electrons. The summed E-state index contributed by atoms with van der Waals surface area (Å²) in [5.41, 5.74) is 12.3. The smallest absolute Gasteiger partial charge is 0.270 e. The number of alkyl halides is 2. The van der Waals surface area contributed by atoms with Gasteiger partial charge in [0, 0.05) is 23.9 Å². The molecule has 33 heavy (non-hydrogen) atoms. The zero-order valence-electron chi connectivity index (χ0n) is 20.0. The molecule has 0 aliphatic carbocycles. The van der Waals surface area contributed by atoms with Crippen LogP contribution < -0.4 is 11.1 Å². The quantitative estimate of drug-likeness (QED) is 0.309. The molecule has 0 fully saturated rings. The van der Waals surface area contributed by atoms with E-state index in [0.29, 0.717) is 12.1 Å². The number of hydrogen-bond donors (Lipinski definition) is 2. The summed E-state index contributed by atoms with van der Waals surface area (Å²) in [6.45, 7) is 12.6. The Balaban J connectivity index is 0.000000273. The number of nitrogens with two attached hydrogens (primary N) is 1. The Bertz CT molecular complexity index is 1110. The predicted octanol–water partition coefficient (Wildman–Crippen LogP) is 7.76. The topological polar surface area (TPSA) is 50.4 Å². The van der Waals surface area contributed by atoms with Gasteiger partial charge in [-0.25, -0.2) is 13.8 Å². The average Bonchev–Trinajstić information content (AvgIpc) is 2.76. The van der Waals surface area contributed by atoms with Crippen LogP contribution >= 0.6 is 0 Å². The van der Waals surface area contributed by atoms with Gasteiger partial charge in [0.15, 0.2) is 0 Å². The molecular formula is C28H33F2N3. The van der Waals surface area contributed by atoms with Gasteiger partial charge < -0.3 is 11.1 Å². The summed E-state index contributed by atoms with van der Waals surface area (Å²) in [4.78, 5) is 4.63. The first-order chi connectivity index (χ1) is 15.5. The molecule has 3 rings (SSSR count). The molecule has 3 N–H and O–H groups in total. The third kappa shape index (κ3) is 7.86. The van der Waals surface area contributed by atoms with E-state index in [4.69, 9.17) is 5.73 Å². The minimum Gasteiger partial charge on any atom is -0.399 e. The highest BCUT2D eigenvalue weighted by Gasteiger charge is 2.26. The van der Waals surface area contributed by atoms with Gasteiger partial charge in [0.05, 0.1) is 5.69 Å². The molecule has 5 heteroatoms. The van der Waals surface area contributed by atoms with Crippen molar-refractivity contribution < 1.29 is 8.78 Å². The lowest BCUT2D eigenvalue weighted by atomic mass is 10.0. The molecule has 3 aromatic rings. The molecule has 0 spiro atoms. The number of benzene rings is 3. The highest BCUT2D eigenvalue weighted by molar-refractivity contribution is 5.95. The fourth-order valence-electron chi connectivity index (χ4n) is 3.24. The molecule has 0 aliphatic heterocycles. The van der Waals surface area contributed by atoms with Gasteiger partial charge >= 0.3 is 0 Å². The summed E-state index contributed by atoms with van der Waals surface area (Å²) >= 11 is 0. The van der Waals surface area contributed by atoms with Crippen molar-refractivity contribution in [1.82, 2.24) is 0 Å². The first kappa shape index (κ1) is 25.8. The van der Waals surface area contributed by atoms with Crippen molar-refractivity contribution in [3.8, 4) is 0 Å². The molecule has 0 saturated heterocycles. The number of nitrogens with one attached hydrogen (secondary N) is 1. The van der Waals surface area contributed by atoms with E-state index in [9.17, 15) is 8.78 Å². The van der Waals surface area contributed by atoms with Gasteiger partial charge in [0.25, 0.3) is 5.92 Å². The van der Waals surface area contributed by atoms with E-state index in [-0.39, 0.29) is 5.56 Å². The molecule has 0 amide bonds. The highest BCUT2D eigenvalue weighted by Crippen LogP contribution is 2.29. The van der Waals surface area contributed by atoms with Crippen LogP contribution in [0.4, 0.5) is 20.2 Å². The van der Waals surface area contributed by atoms with Crippen molar-refractivity contribution in [2.75, 3.05) is 5.32 Å². The van der Waals surface area contributed by atoms with Crippen LogP contribution in [0.3, 0.4) is 0 Å². The average molecular weight is 450 g/mol. The van der Waals surface area contributed by atoms with Crippen molar-refractivity contribution in [2.45, 2.75) is 47.0 Å². The number of aryl methyl sites for hydroxylation is 3. The largest absolute Gasteiger partial charge is 0.399 e. The SMILES string of the molecule is C=C(N)c1ccc(C)c(N=C(C)Nc2ccc(C)cc2)c1.CCc1ccccc1C(C)(F)F. The van der Waals surface area contributed by atoms with Crippen molar-refractivity contribution in [3.05, 3.63) is 101 Å². The maximum Gasteiger partial charge on any atom is 0.270 e. The van der Waals surface area contributed by atoms with E-state index in [1.165, 1.54) is 11.6 Å². The van der Waals surface area contributed by atoms with Crippen LogP contribution in [0.1, 0.15) is 48.6 Å². The Labute approximate surface area is 196 Å². The highest BCUT2D eigenvalue weighted by atomic mass is 19.3. The first-order valence-electron chi connectivity index (χ1n) is 10.9. The Hall–Kier alpha value is -3.47. The van der Waals surface area contributed by atoms with Gasteiger partial charge in [-0.05, 0) is 62.1 Å². The lowest BCUT2D eigenvalue weighted by Gasteiger charge is -2.14. The summed E-state index contributed by atoms with van der Waals surface area (Å²) in [5.74, 6) is -1.88. The van der Waals surface area contributed by atoms with Gasteiger partial charge in [-0.3, -0.25) is 0 Å². The summed E-state index contributed by atoms with van der Waals surface area (Å²) < 4.78 is 25.8. The minimum atomic E-state index is -2.72. The second kappa shape index (κ2) is 11.4. The molecule has 0 bridgehead atoms. The number of amidine groups is 1. The zero-order valence-corrected chi connectivity index (χ0v) is 20.0. The summed E-state index contributed by atoms with van der Waals surface area (Å²) in [6, 6.07) is 20.8. The fraction of sp³-hybridized carbons (Fsp3) is 0.250. The van der Waals surface area contributed by atoms with E-state index in [0.717, 1.165) is 40.8 Å². The molecule has 0 heterocycles. The van der Waals surface area contributed by atoms with E-state index < -0.39 is 5.92 Å². The van der Waals surface area contributed by atoms with E-state index in [2.05, 4.69) is 35.9 Å². The zero-order chi connectivity index (χ0) is 24.6. The summed E-state index contributed by atoms with van der Waals surface area (Å²) in [5, 5.41) is 3.29. The molecule has 0 aromatic heterocycles. The van der Waals surface area contributed by atoms with E-state index >= 15 is 0 Å². The van der Waals surface area contributed by atoms with Crippen molar-refractivity contribution >= 4 is 22.9 Å². The van der Waals surface area contributed by atoms with Crippen LogP contribution in [0.2, 0.25) is 0 Å². The van der Waals surface area contributed by atoms with Crippen LogP contribution in [-0.2, 0) is 12.3 Å². The summed E-state index contributed by atoms with van der Waals surface area (Å²) in [7, 11) is 0. The van der Waals surface area contributed by atoms with Crippen molar-refractivity contribution in [3.63, 3.8) is 0 Å². The van der Waals surface area contributed by atoms with Crippen LogP contribution in [0, 0.1) is 13.8 Å². The van der Waals surface area contributed by atoms with Crippen molar-refractivity contribution in [2.24, 2.45) is 10.7 Å². The number of nitrogens with zero attached hydrogens (tertiary/aromatic N) is 1. The van der Waals surface area contributed by atoms with E-state index in [1.807, 2.05) is 51.1 Å². The molecule has 0 unspecified atom stereocenters. The normalized spacial score (nSPS) is 11.4. The van der Waals surface area contributed by atoms with Gasteiger partial charge in [0.1, 0.15) is 5.84 Å². The molecule has 0 aliphatic rings. The van der Waals surface area contributed by atoms with Crippen LogP contribution in [0.25, 0.3) is 5.70 Å². The number of hydrogen-bond acceptors (Lipinski definition) is 2. The first-order valence-corrected chi connectivity index (χ1v) is 10.9. The number of rotatable bonds is 5. The second-order valence-electron chi connectivity index (χ2n) is 8.11. The predicted molar refractivity (Wildman–Crippen MR) is 137 cm³/mol. The lowest BCUT2D eigenvalue weighted by molar-refractivity contribution is 0.0166. The van der Waals surface area contributed by atoms with Gasteiger partial charge in [-0.1, -0.05) is 67.6 Å². The second-order valence-corrected chi connectivity index (χ2v) is 8.11. The number of halogens is 2. The minimum absolute atomic E-state index is 0.146. The third-order valence-electron chi connectivity index (χ3n) is 5.12. The molecular weight excluding hydrogens is 416 g/mol. The standard InChI is InChI=1S/C18H21N3.C10H12F2/c1-12-5-9-17(10-6-12)20-15(4)21-18-11-16(14(3)19)8-7-13(18)2;1-3-8-6-4-5-7-9(8)10(2,11)12/h5-11H,3,19H2,1-2,4H3,(H,20,21);4-7H,3H2,1-2H3. The molecule has 3 aromatic carbocycles. The van der Waals surface area contributed by atoms with Gasteiger partial charge in [-0.15, -0.1) is 0 Å². The number of anilines is 1. The maximum absolute atomic E-state index is 12.9. The summed E-state index contributed by atoms with van der Waals surface area (Å²) in [6.07, 6.45) is 0.652. The number of aliphatic imine (C=N–C) groups is 1. The fourth-order valence-corrected chi connectivity index (χ4v) is 3.24. The Morgan fingerprint density at radius 2 is 1.67 bits per heavy atom. The lowest BCUT2D eigenvalue weighted by Crippen LogP contribution is -2.09.